The lowest BCUT2D eigenvalue weighted by atomic mass is 10.0. The molecule has 0 radical (unpaired) electrons. The molecule has 2 aromatic carbocycles. The summed E-state index contributed by atoms with van der Waals surface area (Å²) in [5.41, 5.74) is 3.64. The van der Waals surface area contributed by atoms with Crippen LogP contribution in [0.15, 0.2) is 60.7 Å². The van der Waals surface area contributed by atoms with Crippen LogP contribution in [0.3, 0.4) is 0 Å². The van der Waals surface area contributed by atoms with E-state index in [0.29, 0.717) is 0 Å². The number of aliphatic hydroxyl groups is 1. The van der Waals surface area contributed by atoms with Gasteiger partial charge in [0.25, 0.3) is 0 Å². The zero-order valence-electron chi connectivity index (χ0n) is 12.3. The lowest BCUT2D eigenvalue weighted by molar-refractivity contribution is 0.134. The van der Waals surface area contributed by atoms with E-state index < -0.39 is 5.60 Å². The van der Waals surface area contributed by atoms with Gasteiger partial charge in [0.05, 0.1) is 5.60 Å². The Morgan fingerprint density at radius 3 is 2.33 bits per heavy atom. The van der Waals surface area contributed by atoms with Crippen LogP contribution in [0.5, 0.6) is 0 Å². The van der Waals surface area contributed by atoms with Gasteiger partial charge in [-0.3, -0.25) is 0 Å². The van der Waals surface area contributed by atoms with Gasteiger partial charge in [-0.2, -0.15) is 0 Å². The van der Waals surface area contributed by atoms with E-state index in [-0.39, 0.29) is 0 Å². The highest BCUT2D eigenvalue weighted by Crippen LogP contribution is 2.33. The van der Waals surface area contributed by atoms with Gasteiger partial charge in [-0.25, -0.2) is 0 Å². The van der Waals surface area contributed by atoms with Gasteiger partial charge in [-0.1, -0.05) is 54.6 Å². The van der Waals surface area contributed by atoms with Gasteiger partial charge >= 0.3 is 0 Å². The number of hydrogen-bond acceptors (Lipinski definition) is 1. The van der Waals surface area contributed by atoms with Crippen LogP contribution in [-0.2, 0) is 0 Å². The van der Waals surface area contributed by atoms with Crippen molar-refractivity contribution in [3.8, 4) is 11.1 Å². The summed E-state index contributed by atoms with van der Waals surface area (Å²) in [6, 6.07) is 18.6. The van der Waals surface area contributed by atoms with Crippen molar-refractivity contribution in [3.05, 3.63) is 66.4 Å². The van der Waals surface area contributed by atoms with Crippen molar-refractivity contribution in [3.63, 3.8) is 0 Å². The van der Waals surface area contributed by atoms with Gasteiger partial charge in [-0.15, -0.1) is 0 Å². The lowest BCUT2D eigenvalue weighted by Gasteiger charge is -2.10. The van der Waals surface area contributed by atoms with Crippen LogP contribution in [0.4, 0.5) is 0 Å². The van der Waals surface area contributed by atoms with Crippen molar-refractivity contribution in [1.29, 1.82) is 0 Å². The normalized spacial score (nSPS) is 12.3. The van der Waals surface area contributed by atoms with Crippen LogP contribution in [0, 0.1) is 0 Å². The highest BCUT2D eigenvalue weighted by molar-refractivity contribution is 6.00. The Hall–Kier alpha value is -2.32. The molecule has 1 heterocycles. The quantitative estimate of drug-likeness (QED) is 0.720. The van der Waals surface area contributed by atoms with Crippen LogP contribution in [0.25, 0.3) is 28.1 Å². The Kier molecular flexibility index (Phi) is 3.40. The van der Waals surface area contributed by atoms with Gasteiger partial charge in [0.1, 0.15) is 0 Å². The first-order chi connectivity index (χ1) is 10.0. The first-order valence-electron chi connectivity index (χ1n) is 7.12. The molecule has 0 saturated heterocycles. The minimum Gasteiger partial charge on any atom is -0.386 e. The van der Waals surface area contributed by atoms with Crippen LogP contribution in [0.1, 0.15) is 19.5 Å². The van der Waals surface area contributed by atoms with E-state index in [1.807, 2.05) is 42.5 Å². The number of benzene rings is 2. The fraction of sp³-hybridized carbons (Fsp3) is 0.158. The van der Waals surface area contributed by atoms with Crippen LogP contribution in [-0.4, -0.2) is 15.7 Å². The summed E-state index contributed by atoms with van der Waals surface area (Å²) >= 11 is 0. The maximum absolute atomic E-state index is 9.91. The molecule has 0 aliphatic heterocycles. The first-order valence-corrected chi connectivity index (χ1v) is 7.12. The molecule has 0 amide bonds. The third-order valence-electron chi connectivity index (χ3n) is 3.46. The second kappa shape index (κ2) is 5.23. The van der Waals surface area contributed by atoms with Gasteiger partial charge < -0.3 is 10.1 Å². The Labute approximate surface area is 124 Å². The molecule has 0 aliphatic carbocycles. The minimum absolute atomic E-state index is 0.828. The van der Waals surface area contributed by atoms with Gasteiger partial charge in [0, 0.05) is 22.2 Å². The standard InChI is InChI=1S/C19H19NO/c1-19(2,21)13-12-17-18(14-8-4-3-5-9-14)15-10-6-7-11-16(15)20-17/h3-13,20-21H,1-2H3/b13-12+. The van der Waals surface area contributed by atoms with Crippen molar-refractivity contribution in [2.45, 2.75) is 19.4 Å². The molecule has 106 valence electrons. The number of H-pyrrole nitrogens is 1. The average Bonchev–Trinajstić information content (AvgIpc) is 2.84. The molecule has 3 aromatic rings. The van der Waals surface area contributed by atoms with Crippen LogP contribution in [0.2, 0.25) is 0 Å². The predicted molar refractivity (Wildman–Crippen MR) is 89.1 cm³/mol. The lowest BCUT2D eigenvalue weighted by Crippen LogP contribution is -2.13. The fourth-order valence-electron chi connectivity index (χ4n) is 2.49. The van der Waals surface area contributed by atoms with Crippen LogP contribution >= 0.6 is 0 Å². The molecule has 2 N–H and O–H groups in total. The van der Waals surface area contributed by atoms with E-state index in [2.05, 4.69) is 29.2 Å². The van der Waals surface area contributed by atoms with E-state index in [9.17, 15) is 5.11 Å². The second-order valence-corrected chi connectivity index (χ2v) is 5.81. The molecule has 0 spiro atoms. The van der Waals surface area contributed by atoms with Gasteiger partial charge in [0.2, 0.25) is 0 Å². The number of aromatic nitrogens is 1. The molecule has 1 aromatic heterocycles. The highest BCUT2D eigenvalue weighted by atomic mass is 16.3. The number of para-hydroxylation sites is 1. The molecule has 0 bridgehead atoms. The number of nitrogens with one attached hydrogen (secondary N) is 1. The van der Waals surface area contributed by atoms with Crippen LogP contribution < -0.4 is 0 Å². The number of fused-ring (bicyclic) bond motifs is 1. The van der Waals surface area contributed by atoms with Gasteiger partial charge in [0.15, 0.2) is 0 Å². The zero-order valence-corrected chi connectivity index (χ0v) is 12.3. The van der Waals surface area contributed by atoms with Crippen molar-refractivity contribution in [2.75, 3.05) is 0 Å². The monoisotopic (exact) mass is 277 g/mol. The maximum Gasteiger partial charge on any atom is 0.0775 e. The molecular weight excluding hydrogens is 258 g/mol. The Balaban J connectivity index is 2.22. The molecule has 0 unspecified atom stereocenters. The topological polar surface area (TPSA) is 36.0 Å². The summed E-state index contributed by atoms with van der Waals surface area (Å²) in [4.78, 5) is 3.44. The maximum atomic E-state index is 9.91. The van der Waals surface area contributed by atoms with E-state index in [0.717, 1.165) is 11.2 Å². The summed E-state index contributed by atoms with van der Waals surface area (Å²) < 4.78 is 0. The third kappa shape index (κ3) is 2.91. The van der Waals surface area contributed by atoms with E-state index in [1.165, 1.54) is 16.5 Å². The summed E-state index contributed by atoms with van der Waals surface area (Å²) in [6.07, 6.45) is 3.77. The number of rotatable bonds is 3. The number of aromatic amines is 1. The molecule has 0 aliphatic rings. The molecule has 2 nitrogen and oxygen atoms in total. The van der Waals surface area contributed by atoms with E-state index >= 15 is 0 Å². The molecule has 21 heavy (non-hydrogen) atoms. The van der Waals surface area contributed by atoms with Gasteiger partial charge in [-0.05, 0) is 31.6 Å². The fourth-order valence-corrected chi connectivity index (χ4v) is 2.49. The summed E-state index contributed by atoms with van der Waals surface area (Å²) in [6.45, 7) is 3.54. The SMILES string of the molecule is CC(C)(O)/C=C/c1[nH]c2ccccc2c1-c1ccccc1. The van der Waals surface area contributed by atoms with Crippen molar-refractivity contribution >= 4 is 17.0 Å². The molecule has 2 heteroatoms. The molecule has 0 fully saturated rings. The molecule has 0 atom stereocenters. The first kappa shape index (κ1) is 13.7. The highest BCUT2D eigenvalue weighted by Gasteiger charge is 2.12. The smallest absolute Gasteiger partial charge is 0.0775 e. The molecule has 3 rings (SSSR count). The average molecular weight is 277 g/mol. The Bertz CT molecular complexity index is 776. The third-order valence-corrected chi connectivity index (χ3v) is 3.46. The second-order valence-electron chi connectivity index (χ2n) is 5.81. The zero-order chi connectivity index (χ0) is 14.9. The van der Waals surface area contributed by atoms with E-state index in [4.69, 9.17) is 0 Å². The van der Waals surface area contributed by atoms with Crippen molar-refractivity contribution in [2.24, 2.45) is 0 Å². The minimum atomic E-state index is -0.828. The Morgan fingerprint density at radius 2 is 1.62 bits per heavy atom. The van der Waals surface area contributed by atoms with E-state index in [1.54, 1.807) is 13.8 Å². The summed E-state index contributed by atoms with van der Waals surface area (Å²) in [5, 5.41) is 11.1. The summed E-state index contributed by atoms with van der Waals surface area (Å²) in [5.74, 6) is 0. The summed E-state index contributed by atoms with van der Waals surface area (Å²) in [7, 11) is 0. The molecular formula is C19H19NO. The van der Waals surface area contributed by atoms with Crippen molar-refractivity contribution < 1.29 is 5.11 Å². The largest absolute Gasteiger partial charge is 0.386 e. The molecule has 0 saturated carbocycles. The van der Waals surface area contributed by atoms with Crippen molar-refractivity contribution in [1.82, 2.24) is 4.98 Å². The number of hydrogen-bond donors (Lipinski definition) is 2. The predicted octanol–water partition coefficient (Wildman–Crippen LogP) is 4.62. The Morgan fingerprint density at radius 1 is 0.952 bits per heavy atom.